The number of nitrogens with one attached hydrogen (secondary N) is 1. The fraction of sp³-hybridized carbons (Fsp3) is 0.558. The van der Waals surface area contributed by atoms with Gasteiger partial charge in [0.1, 0.15) is 6.61 Å². The number of piperidine rings is 1. The first kappa shape index (κ1) is 39.3. The highest BCUT2D eigenvalue weighted by Crippen LogP contribution is 2.47. The summed E-state index contributed by atoms with van der Waals surface area (Å²) in [6.45, 7) is 1.19. The number of hydrogen-bond donors (Lipinski definition) is 1. The van der Waals surface area contributed by atoms with E-state index in [0.717, 1.165) is 50.6 Å². The molecule has 3 unspecified atom stereocenters. The normalized spacial score (nSPS) is 28.5. The van der Waals surface area contributed by atoms with E-state index in [-0.39, 0.29) is 50.2 Å². The Morgan fingerprint density at radius 3 is 1.73 bits per heavy atom. The van der Waals surface area contributed by atoms with E-state index in [2.05, 4.69) is 58.6 Å². The number of hydrogen-bond acceptors (Lipinski definition) is 3. The molecule has 6 atom stereocenters. The lowest BCUT2D eigenvalue weighted by Gasteiger charge is -2.39. The molecule has 51 heavy (non-hydrogen) atoms. The van der Waals surface area contributed by atoms with Crippen molar-refractivity contribution in [3.05, 3.63) is 108 Å². The van der Waals surface area contributed by atoms with Crippen LogP contribution in [0, 0.1) is 17.8 Å². The zero-order valence-corrected chi connectivity index (χ0v) is 30.4. The predicted molar refractivity (Wildman–Crippen MR) is 198 cm³/mol. The van der Waals surface area contributed by atoms with Crippen LogP contribution in [0.5, 0.6) is 0 Å². The second kappa shape index (κ2) is 19.3. The van der Waals surface area contributed by atoms with Crippen LogP contribution in [0.2, 0.25) is 0 Å². The minimum absolute atomic E-state index is 0.0756. The van der Waals surface area contributed by atoms with Crippen molar-refractivity contribution >= 4 is 17.0 Å². The Morgan fingerprint density at radius 1 is 0.647 bits per heavy atom. The van der Waals surface area contributed by atoms with Gasteiger partial charge in [-0.05, 0) is 104 Å². The summed E-state index contributed by atoms with van der Waals surface area (Å²) in [5.74, 6) is -2.81. The molecule has 1 N–H and O–H groups in total. The third-order valence-corrected chi connectivity index (χ3v) is 11.6. The first-order valence-electron chi connectivity index (χ1n) is 19.0. The molecule has 3 nitrogen and oxygen atoms in total. The summed E-state index contributed by atoms with van der Waals surface area (Å²) in [4.78, 5) is 10.2. The van der Waals surface area contributed by atoms with Crippen molar-refractivity contribution < 1.29 is 27.1 Å². The van der Waals surface area contributed by atoms with Gasteiger partial charge in [-0.3, -0.25) is 0 Å². The van der Waals surface area contributed by atoms with Gasteiger partial charge in [0.2, 0.25) is 11.8 Å². The molecule has 1 aliphatic heterocycles. The van der Waals surface area contributed by atoms with Crippen LogP contribution in [0.4, 0.5) is 22.4 Å². The van der Waals surface area contributed by atoms with Crippen molar-refractivity contribution in [3.63, 3.8) is 0 Å². The predicted octanol–water partition coefficient (Wildman–Crippen LogP) is 12.7. The average Bonchev–Trinajstić information content (AvgIpc) is 3.15. The SMILES string of the molecule is FC1(F)CCCC(C2CC(c3ccccc3)CCN2)C1.FC1(F)CCC[C@@H]([C@H]2CCC[C@@H](c3ccccc3)C2)C1.O=C(Cl)OCc1ccccc1. The lowest BCUT2D eigenvalue weighted by atomic mass is 9.68. The minimum Gasteiger partial charge on any atom is -0.449 e. The fourth-order valence-electron chi connectivity index (χ4n) is 8.90. The van der Waals surface area contributed by atoms with E-state index in [9.17, 15) is 22.4 Å². The van der Waals surface area contributed by atoms with Gasteiger partial charge in [-0.1, -0.05) is 104 Å². The molecule has 3 aromatic carbocycles. The van der Waals surface area contributed by atoms with E-state index < -0.39 is 17.3 Å². The molecule has 1 saturated heterocycles. The van der Waals surface area contributed by atoms with Crippen LogP contribution in [-0.4, -0.2) is 29.9 Å². The van der Waals surface area contributed by atoms with Crippen LogP contribution in [0.25, 0.3) is 0 Å². The summed E-state index contributed by atoms with van der Waals surface area (Å²) in [6, 6.07) is 30.8. The van der Waals surface area contributed by atoms with Crippen molar-refractivity contribution in [3.8, 4) is 0 Å². The number of carbonyl (C=O) groups excluding carboxylic acids is 1. The minimum atomic E-state index is -2.44. The Morgan fingerprint density at radius 2 is 1.16 bits per heavy atom. The summed E-state index contributed by atoms with van der Waals surface area (Å²) in [6.07, 6.45) is 10.6. The third kappa shape index (κ3) is 12.9. The molecule has 1 heterocycles. The van der Waals surface area contributed by atoms with E-state index in [1.807, 2.05) is 42.5 Å². The Kier molecular flexibility index (Phi) is 14.8. The van der Waals surface area contributed by atoms with Gasteiger partial charge in [0, 0.05) is 43.3 Å². The monoisotopic (exact) mass is 727 g/mol. The van der Waals surface area contributed by atoms with E-state index in [1.165, 1.54) is 24.0 Å². The molecular weight excluding hydrogens is 674 g/mol. The first-order valence-corrected chi connectivity index (χ1v) is 19.4. The van der Waals surface area contributed by atoms with Crippen LogP contribution in [-0.2, 0) is 11.3 Å². The fourth-order valence-corrected chi connectivity index (χ4v) is 8.96. The Labute approximate surface area is 306 Å². The average molecular weight is 728 g/mol. The smallest absolute Gasteiger partial charge is 0.404 e. The van der Waals surface area contributed by atoms with Crippen LogP contribution in [0.3, 0.4) is 0 Å². The van der Waals surface area contributed by atoms with Crippen molar-refractivity contribution in [2.24, 2.45) is 17.8 Å². The standard InChI is InChI=1S/C18H24F2.C17H23F2N.C8H7ClO2/c19-18(20)11-5-10-17(13-18)16-9-4-8-15(12-16)14-6-2-1-3-7-14;18-17(19)9-4-7-15(12-17)16-11-14(8-10-20-16)13-5-2-1-3-6-13;9-8(10)11-6-7-4-2-1-3-5-7/h1-3,6-7,15-17H,4-5,8-13H2;1-3,5-6,14-16,20H,4,7-12H2;1-5H,6H2/t15-,16+,17-;;/m1../s1. The van der Waals surface area contributed by atoms with Crippen molar-refractivity contribution in [1.29, 1.82) is 0 Å². The molecule has 0 amide bonds. The van der Waals surface area contributed by atoms with Gasteiger partial charge in [0.15, 0.2) is 0 Å². The summed E-state index contributed by atoms with van der Waals surface area (Å²) in [5.41, 5.74) is 2.93. The molecular formula is C43H54ClF4NO2. The number of rotatable bonds is 6. The largest absolute Gasteiger partial charge is 0.449 e. The molecule has 0 aromatic heterocycles. The molecule has 8 heteroatoms. The zero-order valence-electron chi connectivity index (χ0n) is 29.6. The van der Waals surface area contributed by atoms with Gasteiger partial charge in [-0.2, -0.15) is 0 Å². The van der Waals surface area contributed by atoms with E-state index >= 15 is 0 Å². The van der Waals surface area contributed by atoms with Gasteiger partial charge in [0.25, 0.3) is 0 Å². The highest BCUT2D eigenvalue weighted by atomic mass is 35.5. The molecule has 7 rings (SSSR count). The highest BCUT2D eigenvalue weighted by molar-refractivity contribution is 6.61. The first-order chi connectivity index (χ1) is 24.6. The number of benzene rings is 3. The zero-order chi connectivity index (χ0) is 36.1. The van der Waals surface area contributed by atoms with Crippen molar-refractivity contribution in [2.45, 2.75) is 126 Å². The summed E-state index contributed by atoms with van der Waals surface area (Å²) in [7, 11) is 0. The lowest BCUT2D eigenvalue weighted by molar-refractivity contribution is -0.0653. The van der Waals surface area contributed by atoms with Gasteiger partial charge in [-0.15, -0.1) is 0 Å². The maximum Gasteiger partial charge on any atom is 0.404 e. The van der Waals surface area contributed by atoms with Gasteiger partial charge < -0.3 is 10.1 Å². The highest BCUT2D eigenvalue weighted by Gasteiger charge is 2.41. The van der Waals surface area contributed by atoms with Crippen molar-refractivity contribution in [1.82, 2.24) is 5.32 Å². The maximum absolute atomic E-state index is 13.6. The number of alkyl halides is 4. The number of carbonyl (C=O) groups is 1. The summed E-state index contributed by atoms with van der Waals surface area (Å²) >= 11 is 4.97. The molecule has 278 valence electrons. The molecule has 3 aliphatic carbocycles. The van der Waals surface area contributed by atoms with Gasteiger partial charge >= 0.3 is 5.43 Å². The third-order valence-electron chi connectivity index (χ3n) is 11.5. The van der Waals surface area contributed by atoms with E-state index in [4.69, 9.17) is 11.6 Å². The Bertz CT molecular complexity index is 1360. The lowest BCUT2D eigenvalue weighted by Crippen LogP contribution is -2.45. The topological polar surface area (TPSA) is 38.3 Å². The van der Waals surface area contributed by atoms with Crippen molar-refractivity contribution in [2.75, 3.05) is 6.54 Å². The van der Waals surface area contributed by atoms with Crippen LogP contribution >= 0.6 is 11.6 Å². The second-order valence-corrected chi connectivity index (χ2v) is 15.5. The summed E-state index contributed by atoms with van der Waals surface area (Å²) in [5, 5.41) is 3.49. The van der Waals surface area contributed by atoms with Gasteiger partial charge in [-0.25, -0.2) is 22.4 Å². The molecule has 0 spiro atoms. The number of halogens is 5. The maximum atomic E-state index is 13.6. The Hall–Kier alpha value is -2.90. The van der Waals surface area contributed by atoms with Gasteiger partial charge in [0.05, 0.1) is 0 Å². The molecule has 4 aliphatic rings. The Balaban J connectivity index is 0.000000155. The number of ether oxygens (including phenoxy) is 1. The molecule has 0 radical (unpaired) electrons. The van der Waals surface area contributed by atoms with Crippen LogP contribution in [0.15, 0.2) is 91.0 Å². The van der Waals surface area contributed by atoms with E-state index in [1.54, 1.807) is 0 Å². The quantitative estimate of drug-likeness (QED) is 0.203. The van der Waals surface area contributed by atoms with Crippen LogP contribution < -0.4 is 5.32 Å². The molecule has 3 aromatic rings. The van der Waals surface area contributed by atoms with Crippen LogP contribution in [0.1, 0.15) is 118 Å². The summed E-state index contributed by atoms with van der Waals surface area (Å²) < 4.78 is 59.0. The second-order valence-electron chi connectivity index (χ2n) is 15.2. The molecule has 3 saturated carbocycles. The molecule has 0 bridgehead atoms. The van der Waals surface area contributed by atoms with E-state index in [0.29, 0.717) is 30.6 Å². The molecule has 4 fully saturated rings.